The molecule has 0 unspecified atom stereocenters. The molecule has 3 aromatic carbocycles. The molecule has 0 radical (unpaired) electrons. The number of carbonyl (C=O) groups excluding carboxylic acids is 1. The number of ketones is 1. The van der Waals surface area contributed by atoms with E-state index in [0.717, 1.165) is 5.56 Å². The molecule has 0 aliphatic rings. The third-order valence-corrected chi connectivity index (χ3v) is 6.41. The van der Waals surface area contributed by atoms with Gasteiger partial charge in [-0.3, -0.25) is 9.52 Å². The van der Waals surface area contributed by atoms with E-state index in [1.807, 2.05) is 6.92 Å². The van der Waals surface area contributed by atoms with Crippen molar-refractivity contribution in [2.45, 2.75) is 11.8 Å². The number of phenolic OH excluding ortho intramolecular Hbond substituents is 1. The van der Waals surface area contributed by atoms with Gasteiger partial charge in [0.15, 0.2) is 17.3 Å². The molecule has 0 saturated heterocycles. The lowest BCUT2D eigenvalue weighted by atomic mass is 10.0. The average molecular weight is 465 g/mol. The van der Waals surface area contributed by atoms with Gasteiger partial charge < -0.3 is 14.3 Å². The standard InChI is InChI=1S/C24H19NO7S/c1-14-3-9-18(10-4-14)33(29,30)25-17-7-5-15(6-8-17)23(27)19-11-16-12-22(31-2)20(26)13-21(16)32-24(19)28/h3-13,25-26H,1-2H3. The number of methoxy groups -OCH3 is 1. The summed E-state index contributed by atoms with van der Waals surface area (Å²) in [6, 6.07) is 16.1. The minimum Gasteiger partial charge on any atom is -0.504 e. The Bertz CT molecular complexity index is 1520. The molecule has 168 valence electrons. The Morgan fingerprint density at radius 1 is 1.00 bits per heavy atom. The molecule has 8 nitrogen and oxygen atoms in total. The molecule has 0 aliphatic heterocycles. The maximum atomic E-state index is 12.9. The maximum Gasteiger partial charge on any atom is 0.347 e. The number of anilines is 1. The highest BCUT2D eigenvalue weighted by molar-refractivity contribution is 7.92. The van der Waals surface area contributed by atoms with E-state index in [4.69, 9.17) is 9.15 Å². The number of aromatic hydroxyl groups is 1. The fraction of sp³-hybridized carbons (Fsp3) is 0.0833. The van der Waals surface area contributed by atoms with Gasteiger partial charge in [-0.05, 0) is 55.5 Å². The van der Waals surface area contributed by atoms with Crippen LogP contribution in [0, 0.1) is 6.92 Å². The second-order valence-corrected chi connectivity index (χ2v) is 9.02. The monoisotopic (exact) mass is 465 g/mol. The largest absolute Gasteiger partial charge is 0.504 e. The zero-order chi connectivity index (χ0) is 23.8. The highest BCUT2D eigenvalue weighted by atomic mass is 32.2. The number of carbonyl (C=O) groups is 1. The van der Waals surface area contributed by atoms with Crippen LogP contribution in [-0.2, 0) is 10.0 Å². The molecule has 0 aliphatic carbocycles. The smallest absolute Gasteiger partial charge is 0.347 e. The molecule has 1 heterocycles. The van der Waals surface area contributed by atoms with Gasteiger partial charge in [0.25, 0.3) is 10.0 Å². The Balaban J connectivity index is 1.61. The van der Waals surface area contributed by atoms with Gasteiger partial charge in [-0.2, -0.15) is 0 Å². The van der Waals surface area contributed by atoms with Crippen LogP contribution in [0.3, 0.4) is 0 Å². The predicted octanol–water partition coefficient (Wildman–Crippen LogP) is 3.85. The number of ether oxygens (including phenoxy) is 1. The third kappa shape index (κ3) is 4.44. The molecule has 0 saturated carbocycles. The lowest BCUT2D eigenvalue weighted by Crippen LogP contribution is -2.15. The molecule has 0 atom stereocenters. The molecule has 0 amide bonds. The number of benzene rings is 3. The molecule has 2 N–H and O–H groups in total. The normalized spacial score (nSPS) is 11.3. The Labute approximate surface area is 189 Å². The van der Waals surface area contributed by atoms with E-state index in [1.54, 1.807) is 12.1 Å². The van der Waals surface area contributed by atoms with E-state index in [0.29, 0.717) is 5.39 Å². The molecule has 9 heteroatoms. The quantitative estimate of drug-likeness (QED) is 0.327. The SMILES string of the molecule is COc1cc2cc(C(=O)c3ccc(NS(=O)(=O)c4ccc(C)cc4)cc3)c(=O)oc2cc1O. The van der Waals surface area contributed by atoms with Crippen molar-refractivity contribution < 1.29 is 27.5 Å². The molecule has 33 heavy (non-hydrogen) atoms. The molecule has 0 spiro atoms. The number of aryl methyl sites for hydroxylation is 1. The molecule has 1 aromatic heterocycles. The molecule has 0 bridgehead atoms. The van der Waals surface area contributed by atoms with Crippen LogP contribution >= 0.6 is 0 Å². The van der Waals surface area contributed by atoms with Crippen LogP contribution in [0.2, 0.25) is 0 Å². The van der Waals surface area contributed by atoms with Crippen LogP contribution in [0.5, 0.6) is 11.5 Å². The first-order valence-corrected chi connectivity index (χ1v) is 11.3. The number of hydrogen-bond donors (Lipinski definition) is 2. The number of fused-ring (bicyclic) bond motifs is 1. The minimum atomic E-state index is -3.79. The van der Waals surface area contributed by atoms with Crippen LogP contribution in [0.15, 0.2) is 80.8 Å². The van der Waals surface area contributed by atoms with Crippen molar-refractivity contribution in [3.05, 3.63) is 93.8 Å². The molecule has 0 fully saturated rings. The fourth-order valence-electron chi connectivity index (χ4n) is 3.23. The van der Waals surface area contributed by atoms with Crippen molar-refractivity contribution in [3.8, 4) is 11.5 Å². The number of sulfonamides is 1. The first kappa shape index (κ1) is 22.1. The number of nitrogens with one attached hydrogen (secondary N) is 1. The average Bonchev–Trinajstić information content (AvgIpc) is 2.78. The molecule has 4 rings (SSSR count). The van der Waals surface area contributed by atoms with Gasteiger partial charge >= 0.3 is 5.63 Å². The predicted molar refractivity (Wildman–Crippen MR) is 123 cm³/mol. The first-order chi connectivity index (χ1) is 15.7. The molecular weight excluding hydrogens is 446 g/mol. The van der Waals surface area contributed by atoms with E-state index >= 15 is 0 Å². The van der Waals surface area contributed by atoms with Crippen LogP contribution in [0.1, 0.15) is 21.5 Å². The Morgan fingerprint density at radius 3 is 2.30 bits per heavy atom. The Kier molecular flexibility index (Phi) is 5.65. The van der Waals surface area contributed by atoms with Gasteiger partial charge in [-0.1, -0.05) is 17.7 Å². The Hall–Kier alpha value is -4.11. The van der Waals surface area contributed by atoms with Crippen LogP contribution in [0.4, 0.5) is 5.69 Å². The summed E-state index contributed by atoms with van der Waals surface area (Å²) in [6.07, 6.45) is 0. The number of phenols is 1. The van der Waals surface area contributed by atoms with Crippen molar-refractivity contribution in [1.29, 1.82) is 0 Å². The minimum absolute atomic E-state index is 0.107. The number of hydrogen-bond acceptors (Lipinski definition) is 7. The van der Waals surface area contributed by atoms with Crippen LogP contribution in [-0.4, -0.2) is 26.4 Å². The van der Waals surface area contributed by atoms with Gasteiger partial charge in [-0.15, -0.1) is 0 Å². The van der Waals surface area contributed by atoms with Gasteiger partial charge in [0.1, 0.15) is 11.1 Å². The maximum absolute atomic E-state index is 12.9. The van der Waals surface area contributed by atoms with Gasteiger partial charge in [0.2, 0.25) is 0 Å². The fourth-order valence-corrected chi connectivity index (χ4v) is 4.29. The van der Waals surface area contributed by atoms with E-state index in [9.17, 15) is 23.1 Å². The van der Waals surface area contributed by atoms with Gasteiger partial charge in [-0.25, -0.2) is 13.2 Å². The van der Waals surface area contributed by atoms with E-state index in [2.05, 4.69) is 4.72 Å². The summed E-state index contributed by atoms with van der Waals surface area (Å²) in [4.78, 5) is 25.4. The zero-order valence-electron chi connectivity index (χ0n) is 17.7. The zero-order valence-corrected chi connectivity index (χ0v) is 18.5. The summed E-state index contributed by atoms with van der Waals surface area (Å²) in [5, 5.41) is 10.2. The third-order valence-electron chi connectivity index (χ3n) is 5.01. The van der Waals surface area contributed by atoms with Crippen molar-refractivity contribution in [1.82, 2.24) is 0 Å². The van der Waals surface area contributed by atoms with Crippen molar-refractivity contribution in [2.75, 3.05) is 11.8 Å². The van der Waals surface area contributed by atoms with Crippen LogP contribution in [0.25, 0.3) is 11.0 Å². The summed E-state index contributed by atoms with van der Waals surface area (Å²) in [6.45, 7) is 1.86. The van der Waals surface area contributed by atoms with E-state index in [1.165, 1.54) is 61.7 Å². The highest BCUT2D eigenvalue weighted by Gasteiger charge is 2.18. The van der Waals surface area contributed by atoms with Crippen LogP contribution < -0.4 is 15.1 Å². The van der Waals surface area contributed by atoms with Gasteiger partial charge in [0, 0.05) is 22.7 Å². The summed E-state index contributed by atoms with van der Waals surface area (Å²) >= 11 is 0. The summed E-state index contributed by atoms with van der Waals surface area (Å²) in [7, 11) is -2.41. The van der Waals surface area contributed by atoms with E-state index < -0.39 is 21.4 Å². The summed E-state index contributed by atoms with van der Waals surface area (Å²) < 4.78 is 37.8. The van der Waals surface area contributed by atoms with Crippen molar-refractivity contribution in [2.24, 2.45) is 0 Å². The molecule has 4 aromatic rings. The molecular formula is C24H19NO7S. The number of rotatable bonds is 6. The highest BCUT2D eigenvalue weighted by Crippen LogP contribution is 2.31. The Morgan fingerprint density at radius 2 is 1.67 bits per heavy atom. The second kappa shape index (κ2) is 8.44. The topological polar surface area (TPSA) is 123 Å². The van der Waals surface area contributed by atoms with Crippen molar-refractivity contribution >= 4 is 32.5 Å². The van der Waals surface area contributed by atoms with Crippen molar-refractivity contribution in [3.63, 3.8) is 0 Å². The summed E-state index contributed by atoms with van der Waals surface area (Å²) in [5.74, 6) is -0.624. The van der Waals surface area contributed by atoms with Gasteiger partial charge in [0.05, 0.1) is 12.0 Å². The van der Waals surface area contributed by atoms with E-state index in [-0.39, 0.29) is 38.8 Å². The first-order valence-electron chi connectivity index (χ1n) is 9.77. The lowest BCUT2D eigenvalue weighted by Gasteiger charge is -2.09. The lowest BCUT2D eigenvalue weighted by molar-refractivity contribution is 0.103. The summed E-state index contributed by atoms with van der Waals surface area (Å²) in [5.41, 5.74) is 0.411. The second-order valence-electron chi connectivity index (χ2n) is 7.33.